The molecule has 0 aromatic heterocycles. The molecule has 9 heteroatoms. The van der Waals surface area contributed by atoms with Crippen LogP contribution in [-0.4, -0.2) is 44.3 Å². The van der Waals surface area contributed by atoms with Gasteiger partial charge < -0.3 is 10.2 Å². The van der Waals surface area contributed by atoms with Crippen molar-refractivity contribution in [1.82, 2.24) is 10.2 Å². The number of benzene rings is 4. The second-order valence-corrected chi connectivity index (χ2v) is 13.0. The van der Waals surface area contributed by atoms with Crippen LogP contribution in [0.4, 0.5) is 5.69 Å². The number of hydrogen-bond donors (Lipinski definition) is 1. The predicted octanol–water partition coefficient (Wildman–Crippen LogP) is 6.40. The number of hydrogen-bond acceptors (Lipinski definition) is 4. The van der Waals surface area contributed by atoms with Crippen LogP contribution < -0.4 is 9.62 Å². The minimum absolute atomic E-state index is 0.0450. The standard InChI is InChI=1S/C35H38ClN3O4S/c1-3-4-22-37-35(41)33(23-28-12-7-5-8-13-28)38(25-29-14-9-6-10-15-29)34(40)26-39(31-17-11-16-30(36)24-31)44(42,43)32-20-18-27(2)19-21-32/h5-21,24,33H,3-4,22-23,25-26H2,1-2H3,(H,37,41)/t33-/m0/s1. The Bertz CT molecular complexity index is 1630. The van der Waals surface area contributed by atoms with Crippen LogP contribution in [0.2, 0.25) is 5.02 Å². The molecule has 4 rings (SSSR count). The summed E-state index contributed by atoms with van der Waals surface area (Å²) in [6.45, 7) is 3.97. The summed E-state index contributed by atoms with van der Waals surface area (Å²) in [6, 6.07) is 30.9. The molecule has 0 aliphatic rings. The Hall–Kier alpha value is -4.14. The number of nitrogens with one attached hydrogen (secondary N) is 1. The third kappa shape index (κ3) is 8.71. The lowest BCUT2D eigenvalue weighted by atomic mass is 10.0. The first-order chi connectivity index (χ1) is 21.2. The van der Waals surface area contributed by atoms with Crippen molar-refractivity contribution in [3.05, 3.63) is 131 Å². The lowest BCUT2D eigenvalue weighted by Crippen LogP contribution is -2.53. The minimum Gasteiger partial charge on any atom is -0.354 e. The third-order valence-electron chi connectivity index (χ3n) is 7.28. The molecule has 4 aromatic carbocycles. The van der Waals surface area contributed by atoms with Gasteiger partial charge in [-0.05, 0) is 54.8 Å². The van der Waals surface area contributed by atoms with Crippen molar-refractivity contribution in [3.8, 4) is 0 Å². The van der Waals surface area contributed by atoms with Gasteiger partial charge >= 0.3 is 0 Å². The number of aryl methyl sites for hydroxylation is 1. The molecule has 7 nitrogen and oxygen atoms in total. The van der Waals surface area contributed by atoms with Crippen LogP contribution in [0.1, 0.15) is 36.5 Å². The molecule has 0 heterocycles. The van der Waals surface area contributed by atoms with Crippen LogP contribution in [0.15, 0.2) is 114 Å². The fraction of sp³-hybridized carbons (Fsp3) is 0.257. The number of anilines is 1. The van der Waals surface area contributed by atoms with Gasteiger partial charge in [-0.1, -0.05) is 109 Å². The van der Waals surface area contributed by atoms with Crippen LogP contribution in [0, 0.1) is 6.92 Å². The Morgan fingerprint density at radius 2 is 1.48 bits per heavy atom. The fourth-order valence-electron chi connectivity index (χ4n) is 4.84. The Morgan fingerprint density at radius 1 is 0.841 bits per heavy atom. The van der Waals surface area contributed by atoms with E-state index in [4.69, 9.17) is 11.6 Å². The second-order valence-electron chi connectivity index (χ2n) is 10.7. The molecule has 1 atom stereocenters. The highest BCUT2D eigenvalue weighted by Crippen LogP contribution is 2.27. The molecule has 0 spiro atoms. The van der Waals surface area contributed by atoms with Crippen molar-refractivity contribution in [3.63, 3.8) is 0 Å². The van der Waals surface area contributed by atoms with Gasteiger partial charge in [0.2, 0.25) is 11.8 Å². The van der Waals surface area contributed by atoms with Crippen molar-refractivity contribution in [2.75, 3.05) is 17.4 Å². The average Bonchev–Trinajstić information content (AvgIpc) is 3.02. The molecule has 4 aromatic rings. The summed E-state index contributed by atoms with van der Waals surface area (Å²) in [5.74, 6) is -0.807. The first kappa shape index (κ1) is 32.8. The van der Waals surface area contributed by atoms with Gasteiger partial charge in [0.1, 0.15) is 12.6 Å². The maximum Gasteiger partial charge on any atom is 0.264 e. The van der Waals surface area contributed by atoms with Gasteiger partial charge in [0.25, 0.3) is 10.0 Å². The Labute approximate surface area is 265 Å². The molecule has 0 fully saturated rings. The summed E-state index contributed by atoms with van der Waals surface area (Å²) in [7, 11) is -4.18. The van der Waals surface area contributed by atoms with Gasteiger partial charge in [0.05, 0.1) is 10.6 Å². The topological polar surface area (TPSA) is 86.8 Å². The van der Waals surface area contributed by atoms with Crippen LogP contribution in [0.5, 0.6) is 0 Å². The molecule has 0 bridgehead atoms. The van der Waals surface area contributed by atoms with Gasteiger partial charge in [0.15, 0.2) is 0 Å². The van der Waals surface area contributed by atoms with Crippen LogP contribution in [0.25, 0.3) is 0 Å². The molecule has 2 amide bonds. The molecule has 0 aliphatic heterocycles. The largest absolute Gasteiger partial charge is 0.354 e. The highest BCUT2D eigenvalue weighted by Gasteiger charge is 2.34. The highest BCUT2D eigenvalue weighted by molar-refractivity contribution is 7.92. The number of amides is 2. The number of sulfonamides is 1. The van der Waals surface area contributed by atoms with Gasteiger partial charge in [-0.15, -0.1) is 0 Å². The van der Waals surface area contributed by atoms with Crippen LogP contribution >= 0.6 is 11.6 Å². The number of unbranched alkanes of at least 4 members (excludes halogenated alkanes) is 1. The maximum absolute atomic E-state index is 14.4. The predicted molar refractivity (Wildman–Crippen MR) is 176 cm³/mol. The zero-order valence-electron chi connectivity index (χ0n) is 25.0. The number of halogens is 1. The van der Waals surface area contributed by atoms with E-state index in [0.717, 1.165) is 33.8 Å². The molecule has 0 saturated heterocycles. The molecule has 1 N–H and O–H groups in total. The van der Waals surface area contributed by atoms with Gasteiger partial charge in [-0.2, -0.15) is 0 Å². The SMILES string of the molecule is CCCCNC(=O)[C@H](Cc1ccccc1)N(Cc1ccccc1)C(=O)CN(c1cccc(Cl)c1)S(=O)(=O)c1ccc(C)cc1. The molecule has 0 unspecified atom stereocenters. The number of nitrogens with zero attached hydrogens (tertiary/aromatic N) is 2. The van der Waals surface area contributed by atoms with Crippen molar-refractivity contribution >= 4 is 39.1 Å². The van der Waals surface area contributed by atoms with Gasteiger partial charge in [-0.3, -0.25) is 13.9 Å². The van der Waals surface area contributed by atoms with E-state index in [1.54, 1.807) is 30.3 Å². The molecule has 230 valence electrons. The van der Waals surface area contributed by atoms with E-state index >= 15 is 0 Å². The van der Waals surface area contributed by atoms with Gasteiger partial charge in [0, 0.05) is 24.5 Å². The number of carbonyl (C=O) groups excluding carboxylic acids is 2. The van der Waals surface area contributed by atoms with Crippen LogP contribution in [0.3, 0.4) is 0 Å². The first-order valence-corrected chi connectivity index (χ1v) is 16.5. The summed E-state index contributed by atoms with van der Waals surface area (Å²) in [5.41, 5.74) is 2.85. The maximum atomic E-state index is 14.4. The highest BCUT2D eigenvalue weighted by atomic mass is 35.5. The quantitative estimate of drug-likeness (QED) is 0.163. The van der Waals surface area contributed by atoms with E-state index < -0.39 is 28.5 Å². The van der Waals surface area contributed by atoms with Crippen molar-refractivity contribution in [2.45, 2.75) is 50.6 Å². The van der Waals surface area contributed by atoms with Gasteiger partial charge in [-0.25, -0.2) is 8.42 Å². The van der Waals surface area contributed by atoms with E-state index in [2.05, 4.69) is 5.32 Å². The average molecular weight is 632 g/mol. The fourth-order valence-corrected chi connectivity index (χ4v) is 6.43. The zero-order valence-corrected chi connectivity index (χ0v) is 26.6. The Balaban J connectivity index is 1.77. The molecular weight excluding hydrogens is 594 g/mol. The van der Waals surface area contributed by atoms with E-state index in [1.165, 1.54) is 23.1 Å². The van der Waals surface area contributed by atoms with E-state index in [0.29, 0.717) is 11.6 Å². The van der Waals surface area contributed by atoms with E-state index in [-0.39, 0.29) is 29.5 Å². The number of carbonyl (C=O) groups is 2. The summed E-state index contributed by atoms with van der Waals surface area (Å²) in [6.07, 6.45) is 1.97. The lowest BCUT2D eigenvalue weighted by Gasteiger charge is -2.34. The summed E-state index contributed by atoms with van der Waals surface area (Å²) in [4.78, 5) is 29.7. The smallest absolute Gasteiger partial charge is 0.264 e. The summed E-state index contributed by atoms with van der Waals surface area (Å²) in [5, 5.41) is 3.33. The molecule has 0 radical (unpaired) electrons. The normalized spacial score (nSPS) is 11.9. The zero-order chi connectivity index (χ0) is 31.5. The Morgan fingerprint density at radius 3 is 2.09 bits per heavy atom. The second kappa shape index (κ2) is 15.5. The van der Waals surface area contributed by atoms with E-state index in [9.17, 15) is 18.0 Å². The van der Waals surface area contributed by atoms with Crippen molar-refractivity contribution in [1.29, 1.82) is 0 Å². The lowest BCUT2D eigenvalue weighted by molar-refractivity contribution is -0.140. The van der Waals surface area contributed by atoms with Crippen molar-refractivity contribution in [2.24, 2.45) is 0 Å². The molecule has 44 heavy (non-hydrogen) atoms. The summed E-state index contributed by atoms with van der Waals surface area (Å²) < 4.78 is 29.2. The summed E-state index contributed by atoms with van der Waals surface area (Å²) >= 11 is 6.29. The van der Waals surface area contributed by atoms with E-state index in [1.807, 2.05) is 74.5 Å². The molecule has 0 saturated carbocycles. The Kier molecular flexibility index (Phi) is 11.6. The third-order valence-corrected chi connectivity index (χ3v) is 9.30. The molecular formula is C35H38ClN3O4S. The van der Waals surface area contributed by atoms with Crippen molar-refractivity contribution < 1.29 is 18.0 Å². The van der Waals surface area contributed by atoms with Crippen LogP contribution in [-0.2, 0) is 32.6 Å². The molecule has 0 aliphatic carbocycles. The number of rotatable bonds is 14. The minimum atomic E-state index is -4.18. The first-order valence-electron chi connectivity index (χ1n) is 14.7. The monoisotopic (exact) mass is 631 g/mol.